The zero-order valence-electron chi connectivity index (χ0n) is 10.7. The standard InChI is InChI=1S/C14H21NO2/c1-3-17-14(16)5-4-10-15-11-13-8-6-12(2)7-9-13/h6-9,15H,3-5,10-11H2,1-2H3. The SMILES string of the molecule is CCOC(=O)CCCNCc1ccc(C)cc1. The Kier molecular flexibility index (Phi) is 6.33. The fraction of sp³-hybridized carbons (Fsp3) is 0.500. The summed E-state index contributed by atoms with van der Waals surface area (Å²) in [5.41, 5.74) is 2.54. The van der Waals surface area contributed by atoms with Gasteiger partial charge in [0.15, 0.2) is 0 Å². The van der Waals surface area contributed by atoms with Crippen LogP contribution in [0.2, 0.25) is 0 Å². The molecule has 0 aliphatic rings. The van der Waals surface area contributed by atoms with Crippen molar-refractivity contribution in [3.63, 3.8) is 0 Å². The lowest BCUT2D eigenvalue weighted by atomic mass is 10.1. The number of hydrogen-bond donors (Lipinski definition) is 1. The molecule has 0 aromatic heterocycles. The molecular weight excluding hydrogens is 214 g/mol. The lowest BCUT2D eigenvalue weighted by molar-refractivity contribution is -0.143. The molecule has 3 nitrogen and oxygen atoms in total. The van der Waals surface area contributed by atoms with Gasteiger partial charge in [-0.05, 0) is 32.4 Å². The second-order valence-electron chi connectivity index (χ2n) is 4.07. The Balaban J connectivity index is 2.08. The molecule has 0 aliphatic heterocycles. The van der Waals surface area contributed by atoms with Gasteiger partial charge in [-0.3, -0.25) is 4.79 Å². The van der Waals surface area contributed by atoms with E-state index in [-0.39, 0.29) is 5.97 Å². The Hall–Kier alpha value is -1.35. The van der Waals surface area contributed by atoms with Crippen molar-refractivity contribution in [2.45, 2.75) is 33.2 Å². The van der Waals surface area contributed by atoms with Gasteiger partial charge in [0.1, 0.15) is 0 Å². The van der Waals surface area contributed by atoms with Crippen LogP contribution >= 0.6 is 0 Å². The summed E-state index contributed by atoms with van der Waals surface area (Å²) in [7, 11) is 0. The molecule has 3 heteroatoms. The highest BCUT2D eigenvalue weighted by Gasteiger charge is 2.00. The molecule has 0 fully saturated rings. The Morgan fingerprint density at radius 2 is 2.00 bits per heavy atom. The second kappa shape index (κ2) is 7.85. The number of hydrogen-bond acceptors (Lipinski definition) is 3. The van der Waals surface area contributed by atoms with E-state index in [4.69, 9.17) is 4.74 Å². The van der Waals surface area contributed by atoms with E-state index in [0.29, 0.717) is 13.0 Å². The van der Waals surface area contributed by atoms with Crippen LogP contribution in [0.4, 0.5) is 0 Å². The summed E-state index contributed by atoms with van der Waals surface area (Å²) in [4.78, 5) is 11.1. The summed E-state index contributed by atoms with van der Waals surface area (Å²) in [6.45, 7) is 6.06. The molecule has 94 valence electrons. The van der Waals surface area contributed by atoms with E-state index < -0.39 is 0 Å². The molecule has 0 atom stereocenters. The first-order valence-corrected chi connectivity index (χ1v) is 6.14. The first-order chi connectivity index (χ1) is 8.22. The molecule has 0 saturated heterocycles. The third-order valence-corrected chi connectivity index (χ3v) is 2.49. The van der Waals surface area contributed by atoms with E-state index >= 15 is 0 Å². The van der Waals surface area contributed by atoms with Crippen molar-refractivity contribution in [2.24, 2.45) is 0 Å². The maximum absolute atomic E-state index is 11.1. The van der Waals surface area contributed by atoms with Gasteiger partial charge < -0.3 is 10.1 Å². The van der Waals surface area contributed by atoms with Gasteiger partial charge in [-0.15, -0.1) is 0 Å². The summed E-state index contributed by atoms with van der Waals surface area (Å²) in [5, 5.41) is 3.31. The molecular formula is C14H21NO2. The highest BCUT2D eigenvalue weighted by Crippen LogP contribution is 2.02. The number of carbonyl (C=O) groups is 1. The molecule has 1 aromatic carbocycles. The van der Waals surface area contributed by atoms with Crippen LogP contribution in [-0.4, -0.2) is 19.1 Å². The normalized spacial score (nSPS) is 10.2. The highest BCUT2D eigenvalue weighted by molar-refractivity contribution is 5.69. The van der Waals surface area contributed by atoms with Crippen molar-refractivity contribution in [1.29, 1.82) is 0 Å². The molecule has 1 N–H and O–H groups in total. The molecule has 1 rings (SSSR count). The molecule has 17 heavy (non-hydrogen) atoms. The molecule has 0 bridgehead atoms. The summed E-state index contributed by atoms with van der Waals surface area (Å²) >= 11 is 0. The van der Waals surface area contributed by atoms with Crippen LogP contribution in [0, 0.1) is 6.92 Å². The summed E-state index contributed by atoms with van der Waals surface area (Å²) in [5.74, 6) is -0.107. The minimum atomic E-state index is -0.107. The van der Waals surface area contributed by atoms with Crippen LogP contribution in [0.5, 0.6) is 0 Å². The van der Waals surface area contributed by atoms with Gasteiger partial charge >= 0.3 is 5.97 Å². The average molecular weight is 235 g/mol. The van der Waals surface area contributed by atoms with Crippen LogP contribution in [0.15, 0.2) is 24.3 Å². The average Bonchev–Trinajstić information content (AvgIpc) is 2.31. The number of aryl methyl sites for hydroxylation is 1. The molecule has 0 aliphatic carbocycles. The summed E-state index contributed by atoms with van der Waals surface area (Å²) in [6, 6.07) is 8.45. The number of nitrogens with one attached hydrogen (secondary N) is 1. The van der Waals surface area contributed by atoms with Crippen molar-refractivity contribution < 1.29 is 9.53 Å². The summed E-state index contributed by atoms with van der Waals surface area (Å²) < 4.78 is 4.85. The van der Waals surface area contributed by atoms with Gasteiger partial charge in [0.05, 0.1) is 6.61 Å². The minimum Gasteiger partial charge on any atom is -0.466 e. The van der Waals surface area contributed by atoms with Crippen LogP contribution < -0.4 is 5.32 Å². The van der Waals surface area contributed by atoms with E-state index in [2.05, 4.69) is 36.5 Å². The highest BCUT2D eigenvalue weighted by atomic mass is 16.5. The lowest BCUT2D eigenvalue weighted by Gasteiger charge is -2.05. The van der Waals surface area contributed by atoms with Crippen LogP contribution in [0.1, 0.15) is 30.9 Å². The van der Waals surface area contributed by atoms with E-state index in [1.54, 1.807) is 0 Å². The quantitative estimate of drug-likeness (QED) is 0.582. The Morgan fingerprint density at radius 1 is 1.29 bits per heavy atom. The van der Waals surface area contributed by atoms with Gasteiger partial charge in [0.2, 0.25) is 0 Å². The number of esters is 1. The number of benzene rings is 1. The van der Waals surface area contributed by atoms with Crippen molar-refractivity contribution in [1.82, 2.24) is 5.32 Å². The molecule has 1 aromatic rings. The van der Waals surface area contributed by atoms with Gasteiger partial charge in [0, 0.05) is 13.0 Å². The maximum atomic E-state index is 11.1. The molecule has 0 unspecified atom stereocenters. The molecule has 0 spiro atoms. The van der Waals surface area contributed by atoms with Crippen molar-refractivity contribution >= 4 is 5.97 Å². The second-order valence-corrected chi connectivity index (χ2v) is 4.07. The maximum Gasteiger partial charge on any atom is 0.305 e. The summed E-state index contributed by atoms with van der Waals surface area (Å²) in [6.07, 6.45) is 1.32. The van der Waals surface area contributed by atoms with Crippen LogP contribution in [0.3, 0.4) is 0 Å². The monoisotopic (exact) mass is 235 g/mol. The molecule has 0 radical (unpaired) electrons. The van der Waals surface area contributed by atoms with Gasteiger partial charge in [0.25, 0.3) is 0 Å². The smallest absolute Gasteiger partial charge is 0.305 e. The fourth-order valence-corrected chi connectivity index (χ4v) is 1.53. The number of ether oxygens (including phenoxy) is 1. The van der Waals surface area contributed by atoms with Crippen molar-refractivity contribution in [2.75, 3.05) is 13.2 Å². The van der Waals surface area contributed by atoms with Crippen molar-refractivity contribution in [3.05, 3.63) is 35.4 Å². The third-order valence-electron chi connectivity index (χ3n) is 2.49. The van der Waals surface area contributed by atoms with Crippen LogP contribution in [-0.2, 0) is 16.1 Å². The minimum absolute atomic E-state index is 0.107. The molecule has 0 amide bonds. The predicted molar refractivity (Wildman–Crippen MR) is 68.8 cm³/mol. The van der Waals surface area contributed by atoms with E-state index in [0.717, 1.165) is 19.5 Å². The van der Waals surface area contributed by atoms with E-state index in [9.17, 15) is 4.79 Å². The zero-order chi connectivity index (χ0) is 12.5. The first-order valence-electron chi connectivity index (χ1n) is 6.14. The van der Waals surface area contributed by atoms with Gasteiger partial charge in [-0.1, -0.05) is 29.8 Å². The third kappa shape index (κ3) is 6.07. The number of carbonyl (C=O) groups excluding carboxylic acids is 1. The zero-order valence-corrected chi connectivity index (χ0v) is 10.7. The lowest BCUT2D eigenvalue weighted by Crippen LogP contribution is -2.16. The number of rotatable bonds is 7. The van der Waals surface area contributed by atoms with Gasteiger partial charge in [-0.25, -0.2) is 0 Å². The first kappa shape index (κ1) is 13.7. The topological polar surface area (TPSA) is 38.3 Å². The van der Waals surface area contributed by atoms with Crippen LogP contribution in [0.25, 0.3) is 0 Å². The van der Waals surface area contributed by atoms with Gasteiger partial charge in [-0.2, -0.15) is 0 Å². The molecule has 0 heterocycles. The Bertz CT molecular complexity index is 333. The Morgan fingerprint density at radius 3 is 2.65 bits per heavy atom. The van der Waals surface area contributed by atoms with Crippen molar-refractivity contribution in [3.8, 4) is 0 Å². The predicted octanol–water partition coefficient (Wildman–Crippen LogP) is 2.43. The Labute approximate surface area is 103 Å². The fourth-order valence-electron chi connectivity index (χ4n) is 1.53. The largest absolute Gasteiger partial charge is 0.466 e. The molecule has 0 saturated carbocycles. The van der Waals surface area contributed by atoms with E-state index in [1.165, 1.54) is 11.1 Å². The van der Waals surface area contributed by atoms with E-state index in [1.807, 2.05) is 6.92 Å².